The lowest BCUT2D eigenvalue weighted by Gasteiger charge is -2.22. The molecule has 0 aliphatic carbocycles. The predicted molar refractivity (Wildman–Crippen MR) is 78.5 cm³/mol. The summed E-state index contributed by atoms with van der Waals surface area (Å²) in [6.45, 7) is 0.0240. The number of urea groups is 1. The van der Waals surface area contributed by atoms with E-state index >= 15 is 0 Å². The zero-order valence-electron chi connectivity index (χ0n) is 12.0. The molecule has 0 unspecified atom stereocenters. The Bertz CT molecular complexity index is 547. The second-order valence-electron chi connectivity index (χ2n) is 5.27. The number of amides is 2. The van der Waals surface area contributed by atoms with Gasteiger partial charge in [-0.15, -0.1) is 0 Å². The molecule has 1 saturated heterocycles. The van der Waals surface area contributed by atoms with Crippen molar-refractivity contribution in [3.63, 3.8) is 0 Å². The molecule has 1 aliphatic rings. The second-order valence-corrected chi connectivity index (χ2v) is 5.27. The molecule has 7 nitrogen and oxygen atoms in total. The molecule has 114 valence electrons. The first-order valence-electron chi connectivity index (χ1n) is 6.64. The van der Waals surface area contributed by atoms with Crippen LogP contribution in [0, 0.1) is 0 Å². The molecule has 2 amide bonds. The first kappa shape index (κ1) is 15.1. The van der Waals surface area contributed by atoms with Crippen LogP contribution in [0.2, 0.25) is 0 Å². The number of hydrogen-bond acceptors (Lipinski definition) is 4. The molecule has 1 aliphatic heterocycles. The minimum Gasteiger partial charge on any atom is -0.480 e. The van der Waals surface area contributed by atoms with E-state index in [2.05, 4.69) is 5.32 Å². The van der Waals surface area contributed by atoms with Crippen molar-refractivity contribution in [3.8, 4) is 0 Å². The van der Waals surface area contributed by atoms with Gasteiger partial charge in [0, 0.05) is 38.4 Å². The Labute approximate surface area is 122 Å². The molecule has 0 aromatic heterocycles. The third-order valence-electron chi connectivity index (χ3n) is 3.44. The summed E-state index contributed by atoms with van der Waals surface area (Å²) in [5, 5.41) is 21.3. The molecule has 0 saturated carbocycles. The van der Waals surface area contributed by atoms with Crippen molar-refractivity contribution in [2.24, 2.45) is 0 Å². The average molecular weight is 293 g/mol. The fraction of sp³-hybridized carbons (Fsp3) is 0.429. The minimum absolute atomic E-state index is 0.0240. The Morgan fingerprint density at radius 2 is 2.10 bits per heavy atom. The van der Waals surface area contributed by atoms with E-state index in [0.717, 1.165) is 10.6 Å². The number of nitrogens with zero attached hydrogens (tertiary/aromatic N) is 2. The fourth-order valence-electron chi connectivity index (χ4n) is 2.33. The van der Waals surface area contributed by atoms with Gasteiger partial charge in [0.2, 0.25) is 0 Å². The number of aliphatic carboxylic acids is 1. The van der Waals surface area contributed by atoms with Crippen LogP contribution in [0.15, 0.2) is 24.3 Å². The standard InChI is InChI=1S/C14H19N3O4/c1-16(2)10-5-3-4-9(6-10)15-14(21)17-8-11(18)7-12(17)13(19)20/h3-6,11-12,18H,7-8H2,1-2H3,(H,15,21)(H,19,20)/t11-,12-/m1/s1. The Morgan fingerprint density at radius 3 is 2.71 bits per heavy atom. The highest BCUT2D eigenvalue weighted by Crippen LogP contribution is 2.21. The number of likely N-dealkylation sites (tertiary alicyclic amines) is 1. The lowest BCUT2D eigenvalue weighted by Crippen LogP contribution is -2.43. The summed E-state index contributed by atoms with van der Waals surface area (Å²) in [4.78, 5) is 26.3. The topological polar surface area (TPSA) is 93.1 Å². The van der Waals surface area contributed by atoms with Crippen LogP contribution >= 0.6 is 0 Å². The zero-order valence-corrected chi connectivity index (χ0v) is 12.0. The van der Waals surface area contributed by atoms with Crippen molar-refractivity contribution < 1.29 is 19.8 Å². The largest absolute Gasteiger partial charge is 0.480 e. The van der Waals surface area contributed by atoms with Gasteiger partial charge in [-0.25, -0.2) is 9.59 Å². The van der Waals surface area contributed by atoms with Crippen molar-refractivity contribution in [1.29, 1.82) is 0 Å². The van der Waals surface area contributed by atoms with Gasteiger partial charge in [0.15, 0.2) is 0 Å². The van der Waals surface area contributed by atoms with E-state index in [1.807, 2.05) is 25.1 Å². The second kappa shape index (κ2) is 6.01. The molecular formula is C14H19N3O4. The molecule has 1 aromatic carbocycles. The van der Waals surface area contributed by atoms with Gasteiger partial charge in [-0.3, -0.25) is 0 Å². The maximum Gasteiger partial charge on any atom is 0.326 e. The van der Waals surface area contributed by atoms with Gasteiger partial charge in [-0.1, -0.05) is 6.07 Å². The molecule has 1 fully saturated rings. The normalized spacial score (nSPS) is 21.2. The number of carbonyl (C=O) groups excluding carboxylic acids is 1. The molecule has 3 N–H and O–H groups in total. The monoisotopic (exact) mass is 293 g/mol. The smallest absolute Gasteiger partial charge is 0.326 e. The lowest BCUT2D eigenvalue weighted by molar-refractivity contribution is -0.141. The third kappa shape index (κ3) is 3.43. The van der Waals surface area contributed by atoms with Gasteiger partial charge >= 0.3 is 12.0 Å². The number of carbonyl (C=O) groups is 2. The molecule has 1 aromatic rings. The van der Waals surface area contributed by atoms with Crippen LogP contribution in [-0.2, 0) is 4.79 Å². The highest BCUT2D eigenvalue weighted by atomic mass is 16.4. The van der Waals surface area contributed by atoms with Crippen LogP contribution < -0.4 is 10.2 Å². The zero-order chi connectivity index (χ0) is 15.6. The SMILES string of the molecule is CN(C)c1cccc(NC(=O)N2C[C@H](O)C[C@@H]2C(=O)O)c1. The molecule has 0 spiro atoms. The number of rotatable bonds is 3. The Morgan fingerprint density at radius 1 is 1.38 bits per heavy atom. The predicted octanol–water partition coefficient (Wildman–Crippen LogP) is 0.804. The number of nitrogens with one attached hydrogen (secondary N) is 1. The van der Waals surface area contributed by atoms with E-state index in [4.69, 9.17) is 5.11 Å². The maximum absolute atomic E-state index is 12.2. The van der Waals surface area contributed by atoms with Crippen molar-refractivity contribution in [3.05, 3.63) is 24.3 Å². The number of benzene rings is 1. The first-order valence-corrected chi connectivity index (χ1v) is 6.64. The molecule has 7 heteroatoms. The van der Waals surface area contributed by atoms with Crippen LogP contribution in [0.5, 0.6) is 0 Å². The molecule has 21 heavy (non-hydrogen) atoms. The maximum atomic E-state index is 12.2. The highest BCUT2D eigenvalue weighted by molar-refractivity contribution is 5.93. The molecular weight excluding hydrogens is 274 g/mol. The van der Waals surface area contributed by atoms with E-state index in [1.54, 1.807) is 18.2 Å². The van der Waals surface area contributed by atoms with Crippen LogP contribution in [0.25, 0.3) is 0 Å². The molecule has 2 rings (SSSR count). The van der Waals surface area contributed by atoms with Gasteiger partial charge in [0.1, 0.15) is 6.04 Å². The summed E-state index contributed by atoms with van der Waals surface area (Å²) in [5.74, 6) is -1.11. The third-order valence-corrected chi connectivity index (χ3v) is 3.44. The van der Waals surface area contributed by atoms with Crippen molar-refractivity contribution >= 4 is 23.4 Å². The van der Waals surface area contributed by atoms with E-state index in [0.29, 0.717) is 5.69 Å². The summed E-state index contributed by atoms with van der Waals surface area (Å²) in [6, 6.07) is 5.72. The lowest BCUT2D eigenvalue weighted by atomic mass is 10.2. The van der Waals surface area contributed by atoms with Crippen LogP contribution in [0.3, 0.4) is 0 Å². The van der Waals surface area contributed by atoms with Crippen LogP contribution in [-0.4, -0.2) is 59.9 Å². The van der Waals surface area contributed by atoms with Gasteiger partial charge in [-0.2, -0.15) is 0 Å². The van der Waals surface area contributed by atoms with Crippen molar-refractivity contribution in [2.45, 2.75) is 18.6 Å². The number of aliphatic hydroxyl groups excluding tert-OH is 1. The number of β-amino-alcohol motifs (C(OH)–C–C–N with tert-alkyl or cyclic N) is 1. The number of aliphatic hydroxyl groups is 1. The average Bonchev–Trinajstić information content (AvgIpc) is 2.81. The van der Waals surface area contributed by atoms with E-state index in [9.17, 15) is 14.7 Å². The summed E-state index contributed by atoms with van der Waals surface area (Å²) in [5.41, 5.74) is 1.50. The van der Waals surface area contributed by atoms with E-state index < -0.39 is 24.1 Å². The number of anilines is 2. The minimum atomic E-state index is -1.11. The van der Waals surface area contributed by atoms with Crippen molar-refractivity contribution in [1.82, 2.24) is 4.90 Å². The first-order chi connectivity index (χ1) is 9.88. The summed E-state index contributed by atoms with van der Waals surface area (Å²) < 4.78 is 0. The Hall–Kier alpha value is -2.28. The molecule has 0 radical (unpaired) electrons. The number of carboxylic acids is 1. The van der Waals surface area contributed by atoms with Gasteiger partial charge in [0.05, 0.1) is 6.10 Å². The van der Waals surface area contributed by atoms with E-state index in [-0.39, 0.29) is 13.0 Å². The molecule has 1 heterocycles. The summed E-state index contributed by atoms with van der Waals surface area (Å²) in [6.07, 6.45) is -0.745. The van der Waals surface area contributed by atoms with Crippen LogP contribution in [0.4, 0.5) is 16.2 Å². The summed E-state index contributed by atoms with van der Waals surface area (Å²) in [7, 11) is 3.77. The number of carboxylic acid groups (broad SMARTS) is 1. The van der Waals surface area contributed by atoms with Gasteiger partial charge in [-0.05, 0) is 18.2 Å². The molecule has 2 atom stereocenters. The highest BCUT2D eigenvalue weighted by Gasteiger charge is 2.38. The van der Waals surface area contributed by atoms with Crippen molar-refractivity contribution in [2.75, 3.05) is 30.9 Å². The van der Waals surface area contributed by atoms with Crippen LogP contribution in [0.1, 0.15) is 6.42 Å². The van der Waals surface area contributed by atoms with E-state index in [1.165, 1.54) is 0 Å². The van der Waals surface area contributed by atoms with Gasteiger partial charge < -0.3 is 25.3 Å². The Balaban J connectivity index is 2.10. The fourth-order valence-corrected chi connectivity index (χ4v) is 2.33. The summed E-state index contributed by atoms with van der Waals surface area (Å²) >= 11 is 0. The van der Waals surface area contributed by atoms with Gasteiger partial charge in [0.25, 0.3) is 0 Å². The molecule has 0 bridgehead atoms. The quantitative estimate of drug-likeness (QED) is 0.766. The number of hydrogen-bond donors (Lipinski definition) is 3. The Kier molecular flexibility index (Phi) is 4.32.